The Morgan fingerprint density at radius 1 is 1.07 bits per heavy atom. The maximum atomic E-state index is 12.1. The van der Waals surface area contributed by atoms with Crippen LogP contribution in [-0.4, -0.2) is 42.7 Å². The van der Waals surface area contributed by atoms with Gasteiger partial charge in [0.1, 0.15) is 17.3 Å². The number of carbonyl (C=O) groups is 2. The Kier molecular flexibility index (Phi) is 5.91. The van der Waals surface area contributed by atoms with Gasteiger partial charge < -0.3 is 24.5 Å². The number of anilines is 1. The second-order valence-electron chi connectivity index (χ2n) is 5.71. The lowest BCUT2D eigenvalue weighted by atomic mass is 10.1. The summed E-state index contributed by atoms with van der Waals surface area (Å²) in [7, 11) is 3.02. The number of aromatic nitrogens is 2. The molecule has 3 aromatic rings. The molecule has 0 bridgehead atoms. The van der Waals surface area contributed by atoms with Gasteiger partial charge in [-0.1, -0.05) is 12.1 Å². The van der Waals surface area contributed by atoms with Crippen molar-refractivity contribution >= 4 is 17.6 Å². The second-order valence-corrected chi connectivity index (χ2v) is 5.71. The van der Waals surface area contributed by atoms with Gasteiger partial charge in [-0.3, -0.25) is 4.79 Å². The van der Waals surface area contributed by atoms with Crippen molar-refractivity contribution in [3.8, 4) is 22.9 Å². The van der Waals surface area contributed by atoms with Gasteiger partial charge in [-0.2, -0.15) is 0 Å². The van der Waals surface area contributed by atoms with E-state index in [0.717, 1.165) is 5.56 Å². The zero-order chi connectivity index (χ0) is 19.9. The van der Waals surface area contributed by atoms with E-state index in [0.29, 0.717) is 28.6 Å². The Balaban J connectivity index is 1.56. The van der Waals surface area contributed by atoms with Crippen LogP contribution >= 0.6 is 0 Å². The number of nitrogens with one attached hydrogen (secondary N) is 2. The molecule has 2 N–H and O–H groups in total. The van der Waals surface area contributed by atoms with Gasteiger partial charge in [0.25, 0.3) is 5.91 Å². The summed E-state index contributed by atoms with van der Waals surface area (Å²) in [6, 6.07) is 11.7. The number of methoxy groups -OCH3 is 2. The Morgan fingerprint density at radius 2 is 1.86 bits per heavy atom. The highest BCUT2D eigenvalue weighted by molar-refractivity contribution is 5.96. The summed E-state index contributed by atoms with van der Waals surface area (Å²) < 4.78 is 15.4. The summed E-state index contributed by atoms with van der Waals surface area (Å²) in [5.41, 5.74) is 1.63. The fourth-order valence-corrected chi connectivity index (χ4v) is 2.49. The third kappa shape index (κ3) is 4.47. The summed E-state index contributed by atoms with van der Waals surface area (Å²) in [6.45, 7) is -0.423. The molecule has 0 saturated heterocycles. The first-order valence-corrected chi connectivity index (χ1v) is 8.39. The number of carbonyl (C=O) groups excluding carboxylic acids is 2. The number of amides is 1. The molecular weight excluding hydrogens is 362 g/mol. The lowest BCUT2D eigenvalue weighted by Crippen LogP contribution is -2.21. The molecule has 1 heterocycles. The third-order valence-corrected chi connectivity index (χ3v) is 3.91. The standard InChI is InChI=1S/C20H19N3O5/c1-26-15-7-8-16(17(11-15)27-2)23-18(24)12-28-20(25)14-5-3-13(4-6-14)19-21-9-10-22-19/h3-11H,12H2,1-2H3,(H,21,22)(H,23,24). The predicted molar refractivity (Wildman–Crippen MR) is 102 cm³/mol. The van der Waals surface area contributed by atoms with Crippen LogP contribution in [0.15, 0.2) is 54.9 Å². The molecule has 144 valence electrons. The Hall–Kier alpha value is -3.81. The van der Waals surface area contributed by atoms with Crippen molar-refractivity contribution in [2.75, 3.05) is 26.1 Å². The number of H-pyrrole nitrogens is 1. The molecule has 0 aliphatic rings. The fourth-order valence-electron chi connectivity index (χ4n) is 2.49. The van der Waals surface area contributed by atoms with Crippen molar-refractivity contribution in [3.05, 3.63) is 60.4 Å². The second kappa shape index (κ2) is 8.72. The molecule has 1 amide bonds. The average Bonchev–Trinajstić information content (AvgIpc) is 3.27. The Bertz CT molecular complexity index is 952. The lowest BCUT2D eigenvalue weighted by molar-refractivity contribution is -0.119. The molecule has 0 saturated carbocycles. The molecule has 0 radical (unpaired) electrons. The summed E-state index contributed by atoms with van der Waals surface area (Å²) in [6.07, 6.45) is 3.36. The van der Waals surface area contributed by atoms with Crippen molar-refractivity contribution in [1.82, 2.24) is 9.97 Å². The van der Waals surface area contributed by atoms with E-state index in [2.05, 4.69) is 15.3 Å². The van der Waals surface area contributed by atoms with Gasteiger partial charge in [0.05, 0.1) is 25.5 Å². The summed E-state index contributed by atoms with van der Waals surface area (Å²) >= 11 is 0. The number of esters is 1. The van der Waals surface area contributed by atoms with Crippen LogP contribution in [0.1, 0.15) is 10.4 Å². The van der Waals surface area contributed by atoms with E-state index in [1.54, 1.807) is 54.9 Å². The topological polar surface area (TPSA) is 103 Å². The molecule has 0 atom stereocenters. The van der Waals surface area contributed by atoms with E-state index in [1.807, 2.05) is 0 Å². The van der Waals surface area contributed by atoms with Gasteiger partial charge in [-0.05, 0) is 24.3 Å². The molecule has 1 aromatic heterocycles. The molecule has 0 aliphatic heterocycles. The molecule has 0 fully saturated rings. The molecule has 3 rings (SSSR count). The number of hydrogen-bond acceptors (Lipinski definition) is 6. The monoisotopic (exact) mass is 381 g/mol. The van der Waals surface area contributed by atoms with Crippen molar-refractivity contribution in [2.24, 2.45) is 0 Å². The van der Waals surface area contributed by atoms with E-state index in [9.17, 15) is 9.59 Å². The minimum atomic E-state index is -0.595. The molecule has 28 heavy (non-hydrogen) atoms. The number of ether oxygens (including phenoxy) is 3. The molecule has 2 aromatic carbocycles. The number of benzene rings is 2. The highest BCUT2D eigenvalue weighted by Crippen LogP contribution is 2.28. The zero-order valence-corrected chi connectivity index (χ0v) is 15.4. The first-order chi connectivity index (χ1) is 13.6. The normalized spacial score (nSPS) is 10.2. The largest absolute Gasteiger partial charge is 0.497 e. The van der Waals surface area contributed by atoms with E-state index in [4.69, 9.17) is 14.2 Å². The molecule has 8 nitrogen and oxygen atoms in total. The van der Waals surface area contributed by atoms with Crippen LogP contribution in [0.2, 0.25) is 0 Å². The predicted octanol–water partition coefficient (Wildman–Crippen LogP) is 2.89. The minimum absolute atomic E-state index is 0.338. The van der Waals surface area contributed by atoms with Gasteiger partial charge >= 0.3 is 5.97 Å². The SMILES string of the molecule is COc1ccc(NC(=O)COC(=O)c2ccc(-c3ncc[nH]3)cc2)c(OC)c1. The molecular formula is C20H19N3O5. The smallest absolute Gasteiger partial charge is 0.338 e. The highest BCUT2D eigenvalue weighted by Gasteiger charge is 2.13. The van der Waals surface area contributed by atoms with Gasteiger partial charge in [-0.15, -0.1) is 0 Å². The summed E-state index contributed by atoms with van der Waals surface area (Å²) in [5, 5.41) is 2.64. The van der Waals surface area contributed by atoms with Crippen LogP contribution in [0, 0.1) is 0 Å². The van der Waals surface area contributed by atoms with Gasteiger partial charge in [0.15, 0.2) is 6.61 Å². The van der Waals surface area contributed by atoms with E-state index in [1.165, 1.54) is 14.2 Å². The average molecular weight is 381 g/mol. The van der Waals surface area contributed by atoms with Gasteiger partial charge in [0, 0.05) is 24.0 Å². The van der Waals surface area contributed by atoms with Crippen molar-refractivity contribution in [1.29, 1.82) is 0 Å². The van der Waals surface area contributed by atoms with E-state index >= 15 is 0 Å². The third-order valence-electron chi connectivity index (χ3n) is 3.91. The molecule has 0 spiro atoms. The van der Waals surface area contributed by atoms with Gasteiger partial charge in [-0.25, -0.2) is 9.78 Å². The van der Waals surface area contributed by atoms with Crippen LogP contribution in [-0.2, 0) is 9.53 Å². The Morgan fingerprint density at radius 3 is 2.50 bits per heavy atom. The van der Waals surface area contributed by atoms with Crippen LogP contribution in [0.5, 0.6) is 11.5 Å². The van der Waals surface area contributed by atoms with Crippen LogP contribution in [0.25, 0.3) is 11.4 Å². The quantitative estimate of drug-likeness (QED) is 0.610. The number of nitrogens with zero attached hydrogens (tertiary/aromatic N) is 1. The first kappa shape index (κ1) is 19.0. The highest BCUT2D eigenvalue weighted by atomic mass is 16.5. The van der Waals surface area contributed by atoms with Gasteiger partial charge in [0.2, 0.25) is 0 Å². The van der Waals surface area contributed by atoms with E-state index in [-0.39, 0.29) is 0 Å². The van der Waals surface area contributed by atoms with Crippen molar-refractivity contribution in [3.63, 3.8) is 0 Å². The van der Waals surface area contributed by atoms with Crippen molar-refractivity contribution in [2.45, 2.75) is 0 Å². The molecule has 0 unspecified atom stereocenters. The maximum absolute atomic E-state index is 12.1. The van der Waals surface area contributed by atoms with E-state index < -0.39 is 18.5 Å². The zero-order valence-electron chi connectivity index (χ0n) is 15.4. The van der Waals surface area contributed by atoms with Crippen LogP contribution in [0.3, 0.4) is 0 Å². The van der Waals surface area contributed by atoms with Crippen molar-refractivity contribution < 1.29 is 23.8 Å². The minimum Gasteiger partial charge on any atom is -0.497 e. The molecule has 8 heteroatoms. The van der Waals surface area contributed by atoms with Crippen LogP contribution < -0.4 is 14.8 Å². The fraction of sp³-hybridized carbons (Fsp3) is 0.150. The number of aromatic amines is 1. The summed E-state index contributed by atoms with van der Waals surface area (Å²) in [4.78, 5) is 31.4. The van der Waals surface area contributed by atoms with Crippen LogP contribution in [0.4, 0.5) is 5.69 Å². The number of rotatable bonds is 7. The number of imidazole rings is 1. The lowest BCUT2D eigenvalue weighted by Gasteiger charge is -2.12. The maximum Gasteiger partial charge on any atom is 0.338 e. The Labute approximate surface area is 161 Å². The number of hydrogen-bond donors (Lipinski definition) is 2. The summed E-state index contributed by atoms with van der Waals surface area (Å²) in [5.74, 6) is 0.659. The first-order valence-electron chi connectivity index (χ1n) is 8.39. The molecule has 0 aliphatic carbocycles.